The number of benzene rings is 2. The summed E-state index contributed by atoms with van der Waals surface area (Å²) in [5, 5.41) is 0. The van der Waals surface area contributed by atoms with Crippen LogP contribution >= 0.6 is 0 Å². The van der Waals surface area contributed by atoms with E-state index in [1.54, 1.807) is 0 Å². The third-order valence-electron chi connectivity index (χ3n) is 3.57. The zero-order chi connectivity index (χ0) is 13.7. The van der Waals surface area contributed by atoms with Gasteiger partial charge in [-0.2, -0.15) is 69.8 Å². The van der Waals surface area contributed by atoms with Crippen molar-refractivity contribution in [2.45, 2.75) is 41.5 Å². The molecule has 0 radical (unpaired) electrons. The number of aryl methyl sites for hydroxylation is 4. The summed E-state index contributed by atoms with van der Waals surface area (Å²) in [5.41, 5.74) is 8.08. The summed E-state index contributed by atoms with van der Waals surface area (Å²) in [5.74, 6) is 0. The molecule has 2 rings (SSSR count). The Hall–Kier alpha value is -0.794. The summed E-state index contributed by atoms with van der Waals surface area (Å²) >= 11 is 0. The molecule has 0 nitrogen and oxygen atoms in total. The fraction of sp³-hybridized carbons (Fsp3) is 0.333. The van der Waals surface area contributed by atoms with Gasteiger partial charge in [-0.15, -0.1) is 0 Å². The van der Waals surface area contributed by atoms with Crippen LogP contribution in [0, 0.1) is 53.7 Å². The normalized spacial score (nSPS) is 9.16. The summed E-state index contributed by atoms with van der Waals surface area (Å²) in [6, 6.07) is 14.2. The molecule has 2 aromatic carbocycles. The maximum Gasteiger partial charge on any atom is 2.00 e. The van der Waals surface area contributed by atoms with Gasteiger partial charge in [0, 0.05) is 0 Å². The second kappa shape index (κ2) is 8.39. The van der Waals surface area contributed by atoms with E-state index in [9.17, 15) is 0 Å². The molecule has 0 aliphatic rings. The topological polar surface area (TPSA) is 0 Å². The molecule has 0 spiro atoms. The average molecular weight is 263 g/mol. The quantitative estimate of drug-likeness (QED) is 0.486. The molecule has 0 aliphatic heterocycles. The summed E-state index contributed by atoms with van der Waals surface area (Å²) < 4.78 is 0. The molecule has 0 fully saturated rings. The van der Waals surface area contributed by atoms with Crippen LogP contribution in [-0.2, 0) is 0 Å². The van der Waals surface area contributed by atoms with Gasteiger partial charge in [-0.1, -0.05) is 41.5 Å². The molecule has 2 aromatic rings. The van der Waals surface area contributed by atoms with Crippen molar-refractivity contribution < 1.29 is 0 Å². The predicted octanol–water partition coefficient (Wildman–Crippen LogP) is 4.44. The van der Waals surface area contributed by atoms with Gasteiger partial charge in [-0.05, 0) is 0 Å². The molecule has 0 heterocycles. The molecule has 0 aliphatic carbocycles. The molecule has 96 valence electrons. The van der Waals surface area contributed by atoms with Crippen molar-refractivity contribution >= 4 is 23.1 Å². The van der Waals surface area contributed by atoms with Gasteiger partial charge in [0.25, 0.3) is 0 Å². The van der Waals surface area contributed by atoms with Gasteiger partial charge in [-0.3, -0.25) is 0 Å². The number of hydrogen-bond donors (Lipinski definition) is 0. The molecule has 0 saturated heterocycles. The van der Waals surface area contributed by atoms with Crippen LogP contribution in [-0.4, -0.2) is 23.1 Å². The van der Waals surface area contributed by atoms with Crippen LogP contribution < -0.4 is 0 Å². The molecule has 0 unspecified atom stereocenters. The minimum absolute atomic E-state index is 0. The maximum absolute atomic E-state index is 3.07. The monoisotopic (exact) mass is 262 g/mol. The summed E-state index contributed by atoms with van der Waals surface area (Å²) in [4.78, 5) is 0. The summed E-state index contributed by atoms with van der Waals surface area (Å²) in [7, 11) is 0. The second-order valence-electron chi connectivity index (χ2n) is 4.89. The van der Waals surface area contributed by atoms with E-state index in [2.05, 4.69) is 53.7 Å². The second-order valence-corrected chi connectivity index (χ2v) is 4.89. The zero-order valence-corrected chi connectivity index (χ0v) is 14.4. The predicted molar refractivity (Wildman–Crippen MR) is 84.7 cm³/mol. The van der Waals surface area contributed by atoms with E-state index in [-0.39, 0.29) is 23.1 Å². The van der Waals surface area contributed by atoms with Crippen molar-refractivity contribution in [3.05, 3.63) is 69.8 Å². The maximum atomic E-state index is 3.07. The minimum Gasteiger partial charge on any atom is -0.183 e. The van der Waals surface area contributed by atoms with Crippen LogP contribution in [0.4, 0.5) is 0 Å². The van der Waals surface area contributed by atoms with Gasteiger partial charge in [0.2, 0.25) is 0 Å². The molecule has 0 N–H and O–H groups in total. The first-order valence-electron chi connectivity index (χ1n) is 6.31. The van der Waals surface area contributed by atoms with Crippen LogP contribution in [0.5, 0.6) is 0 Å². The first kappa shape index (κ1) is 18.2. The van der Waals surface area contributed by atoms with Crippen LogP contribution in [0.15, 0.2) is 24.3 Å². The Morgan fingerprint density at radius 3 is 0.895 bits per heavy atom. The zero-order valence-electron chi connectivity index (χ0n) is 13.0. The van der Waals surface area contributed by atoms with Crippen LogP contribution in [0.3, 0.4) is 0 Å². The Balaban J connectivity index is 0.000000324. The molecular weight excluding hydrogens is 241 g/mol. The molecule has 0 atom stereocenters. The van der Waals surface area contributed by atoms with Gasteiger partial charge in [0.15, 0.2) is 0 Å². The molecule has 19 heavy (non-hydrogen) atoms. The van der Waals surface area contributed by atoms with Crippen LogP contribution in [0.2, 0.25) is 0 Å². The number of hydrogen-bond acceptors (Lipinski definition) is 0. The van der Waals surface area contributed by atoms with E-state index in [4.69, 9.17) is 0 Å². The minimum atomic E-state index is 0. The third kappa shape index (κ3) is 5.38. The molecule has 0 bridgehead atoms. The van der Waals surface area contributed by atoms with Crippen molar-refractivity contribution in [2.24, 2.45) is 0 Å². The van der Waals surface area contributed by atoms with Crippen LogP contribution in [0.25, 0.3) is 0 Å². The Kier molecular flexibility index (Phi) is 8.04. The first-order chi connectivity index (χ1) is 8.43. The van der Waals surface area contributed by atoms with Crippen molar-refractivity contribution in [3.8, 4) is 0 Å². The largest absolute Gasteiger partial charge is 2.00 e. The van der Waals surface area contributed by atoms with Crippen LogP contribution in [0.1, 0.15) is 33.4 Å². The Labute approximate surface area is 134 Å². The van der Waals surface area contributed by atoms with Crippen molar-refractivity contribution in [1.29, 1.82) is 0 Å². The van der Waals surface area contributed by atoms with E-state index in [1.807, 2.05) is 24.3 Å². The Morgan fingerprint density at radius 1 is 0.526 bits per heavy atom. The van der Waals surface area contributed by atoms with Crippen molar-refractivity contribution in [1.82, 2.24) is 0 Å². The van der Waals surface area contributed by atoms with Gasteiger partial charge in [0.1, 0.15) is 0 Å². The summed E-state index contributed by atoms with van der Waals surface area (Å²) in [6.45, 7) is 12.7. The third-order valence-corrected chi connectivity index (χ3v) is 3.57. The molecule has 0 saturated carbocycles. The van der Waals surface area contributed by atoms with Gasteiger partial charge in [-0.25, -0.2) is 0 Å². The molecule has 0 aromatic heterocycles. The Bertz CT molecular complexity index is 437. The van der Waals surface area contributed by atoms with Crippen molar-refractivity contribution in [2.75, 3.05) is 0 Å². The van der Waals surface area contributed by atoms with Gasteiger partial charge in [0.05, 0.1) is 0 Å². The molecule has 1 heteroatoms. The molecule has 0 amide bonds. The van der Waals surface area contributed by atoms with E-state index in [0.29, 0.717) is 0 Å². The average Bonchev–Trinajstić information content (AvgIpc) is 2.34. The standard InChI is InChI=1S/2C9H11.Mg/c2*1-7-5-4-6-8(2)9(7)3;/h2*5-6H,1-3H3;/q2*-1;+2. The fourth-order valence-electron chi connectivity index (χ4n) is 1.64. The van der Waals surface area contributed by atoms with E-state index >= 15 is 0 Å². The van der Waals surface area contributed by atoms with Crippen molar-refractivity contribution in [3.63, 3.8) is 0 Å². The smallest absolute Gasteiger partial charge is 0.183 e. The van der Waals surface area contributed by atoms with E-state index in [1.165, 1.54) is 33.4 Å². The van der Waals surface area contributed by atoms with Gasteiger partial charge >= 0.3 is 23.1 Å². The van der Waals surface area contributed by atoms with Gasteiger partial charge < -0.3 is 0 Å². The van der Waals surface area contributed by atoms with E-state index in [0.717, 1.165) is 0 Å². The summed E-state index contributed by atoms with van der Waals surface area (Å²) in [6.07, 6.45) is 0. The molecular formula is C18H22Mg. The number of rotatable bonds is 0. The van der Waals surface area contributed by atoms with E-state index < -0.39 is 0 Å². The first-order valence-corrected chi connectivity index (χ1v) is 6.31. The SMILES string of the molecule is Cc1c[c-]cc(C)c1C.Cc1c[c-]cc(C)c1C.[Mg+2]. The Morgan fingerprint density at radius 2 is 0.737 bits per heavy atom. The fourth-order valence-corrected chi connectivity index (χ4v) is 1.64.